The molecule has 1 saturated carbocycles. The van der Waals surface area contributed by atoms with E-state index in [0.717, 1.165) is 37.3 Å². The highest BCUT2D eigenvalue weighted by molar-refractivity contribution is 5.79. The van der Waals surface area contributed by atoms with Crippen LogP contribution in [0.5, 0.6) is 0 Å². The zero-order valence-corrected chi connectivity index (χ0v) is 16.5. The molecular formula is C23H33FN2O. The summed E-state index contributed by atoms with van der Waals surface area (Å²) in [6.07, 6.45) is 12.1. The van der Waals surface area contributed by atoms with Crippen LogP contribution in [-0.4, -0.2) is 40.9 Å². The molecule has 3 aliphatic rings. The summed E-state index contributed by atoms with van der Waals surface area (Å²) in [4.78, 5) is 17.5. The predicted octanol–water partition coefficient (Wildman–Crippen LogP) is 4.75. The zero-order valence-electron chi connectivity index (χ0n) is 16.5. The molecule has 4 heteroatoms. The van der Waals surface area contributed by atoms with Gasteiger partial charge in [-0.15, -0.1) is 0 Å². The number of rotatable bonds is 4. The maximum absolute atomic E-state index is 13.2. The lowest BCUT2D eigenvalue weighted by atomic mass is 9.87. The van der Waals surface area contributed by atoms with Gasteiger partial charge in [0.2, 0.25) is 5.91 Å². The summed E-state index contributed by atoms with van der Waals surface area (Å²) in [6.45, 7) is 4.17. The number of carbonyl (C=O) groups excluding carboxylic acids is 1. The molecule has 1 amide bonds. The summed E-state index contributed by atoms with van der Waals surface area (Å²) in [6, 6.07) is 6.64. The molecule has 1 unspecified atom stereocenters. The number of likely N-dealkylation sites (tertiary alicyclic amines) is 2. The lowest BCUT2D eigenvalue weighted by molar-refractivity contribution is -0.132. The van der Waals surface area contributed by atoms with Gasteiger partial charge in [-0.05, 0) is 68.7 Å². The standard InChI is InChI=1S/C23H33FN2O/c24-21-9-7-20(8-10-21)18-26-22(27)11-13-23(26)12-4-15-25(16-14-23)17-19-5-2-1-3-6-19/h7-10,19H,1-6,11-18H2. The summed E-state index contributed by atoms with van der Waals surface area (Å²) in [5.41, 5.74) is 1.06. The summed E-state index contributed by atoms with van der Waals surface area (Å²) in [5.74, 6) is 0.947. The molecule has 3 fully saturated rings. The van der Waals surface area contributed by atoms with Crippen LogP contribution in [0.1, 0.15) is 69.8 Å². The molecule has 0 N–H and O–H groups in total. The van der Waals surface area contributed by atoms with Crippen LogP contribution in [-0.2, 0) is 11.3 Å². The first-order valence-electron chi connectivity index (χ1n) is 10.9. The smallest absolute Gasteiger partial charge is 0.223 e. The maximum Gasteiger partial charge on any atom is 0.223 e. The fourth-order valence-corrected chi connectivity index (χ4v) is 5.57. The van der Waals surface area contributed by atoms with E-state index in [4.69, 9.17) is 0 Å². The van der Waals surface area contributed by atoms with Crippen LogP contribution in [0, 0.1) is 11.7 Å². The molecule has 1 aromatic rings. The van der Waals surface area contributed by atoms with E-state index in [9.17, 15) is 9.18 Å². The molecule has 0 radical (unpaired) electrons. The molecule has 1 aliphatic carbocycles. The zero-order chi connectivity index (χ0) is 18.7. The summed E-state index contributed by atoms with van der Waals surface area (Å²) in [7, 11) is 0. The van der Waals surface area contributed by atoms with E-state index in [-0.39, 0.29) is 17.3 Å². The van der Waals surface area contributed by atoms with Gasteiger partial charge in [0.25, 0.3) is 0 Å². The highest BCUT2D eigenvalue weighted by Gasteiger charge is 2.45. The highest BCUT2D eigenvalue weighted by atomic mass is 19.1. The Morgan fingerprint density at radius 2 is 1.74 bits per heavy atom. The van der Waals surface area contributed by atoms with Crippen LogP contribution >= 0.6 is 0 Å². The van der Waals surface area contributed by atoms with Crippen LogP contribution in [0.3, 0.4) is 0 Å². The Bertz CT molecular complexity index is 640. The Hall–Kier alpha value is -1.42. The first-order chi connectivity index (χ1) is 13.1. The predicted molar refractivity (Wildman–Crippen MR) is 106 cm³/mol. The third-order valence-corrected chi connectivity index (χ3v) is 7.18. The average Bonchev–Trinajstić information content (AvgIpc) is 2.85. The van der Waals surface area contributed by atoms with Crippen molar-refractivity contribution in [1.82, 2.24) is 9.80 Å². The van der Waals surface area contributed by atoms with E-state index >= 15 is 0 Å². The quantitative estimate of drug-likeness (QED) is 0.761. The third kappa shape index (κ3) is 4.37. The molecule has 4 rings (SSSR count). The highest BCUT2D eigenvalue weighted by Crippen LogP contribution is 2.40. The van der Waals surface area contributed by atoms with Gasteiger partial charge in [0.1, 0.15) is 5.82 Å². The first-order valence-corrected chi connectivity index (χ1v) is 10.9. The Balaban J connectivity index is 1.41. The van der Waals surface area contributed by atoms with Crippen LogP contribution in [0.4, 0.5) is 4.39 Å². The summed E-state index contributed by atoms with van der Waals surface area (Å²) >= 11 is 0. The second-order valence-electron chi connectivity index (χ2n) is 8.99. The Morgan fingerprint density at radius 1 is 0.963 bits per heavy atom. The second-order valence-corrected chi connectivity index (χ2v) is 8.99. The minimum absolute atomic E-state index is 0.0206. The van der Waals surface area contributed by atoms with Crippen molar-refractivity contribution < 1.29 is 9.18 Å². The molecule has 0 bridgehead atoms. The second kappa shape index (κ2) is 8.30. The number of amides is 1. The van der Waals surface area contributed by atoms with E-state index < -0.39 is 0 Å². The molecular weight excluding hydrogens is 339 g/mol. The van der Waals surface area contributed by atoms with Gasteiger partial charge in [-0.1, -0.05) is 31.4 Å². The van der Waals surface area contributed by atoms with Crippen LogP contribution in [0.15, 0.2) is 24.3 Å². The topological polar surface area (TPSA) is 23.6 Å². The van der Waals surface area contributed by atoms with E-state index in [2.05, 4.69) is 9.80 Å². The number of carbonyl (C=O) groups is 1. The Morgan fingerprint density at radius 3 is 2.52 bits per heavy atom. The summed E-state index contributed by atoms with van der Waals surface area (Å²) < 4.78 is 13.2. The van der Waals surface area contributed by atoms with Crippen molar-refractivity contribution in [3.8, 4) is 0 Å². The fraction of sp³-hybridized carbons (Fsp3) is 0.696. The first kappa shape index (κ1) is 18.9. The summed E-state index contributed by atoms with van der Waals surface area (Å²) in [5, 5.41) is 0. The van der Waals surface area contributed by atoms with Crippen LogP contribution < -0.4 is 0 Å². The van der Waals surface area contributed by atoms with E-state index in [1.807, 2.05) is 12.1 Å². The van der Waals surface area contributed by atoms with Crippen LogP contribution in [0.2, 0.25) is 0 Å². The maximum atomic E-state index is 13.2. The van der Waals surface area contributed by atoms with Gasteiger partial charge < -0.3 is 9.80 Å². The normalized spacial score (nSPS) is 28.0. The number of benzene rings is 1. The van der Waals surface area contributed by atoms with Crippen molar-refractivity contribution in [1.29, 1.82) is 0 Å². The van der Waals surface area contributed by atoms with Crippen molar-refractivity contribution in [2.45, 2.75) is 76.3 Å². The number of hydrogen-bond donors (Lipinski definition) is 0. The van der Waals surface area contributed by atoms with Crippen LogP contribution in [0.25, 0.3) is 0 Å². The van der Waals surface area contributed by atoms with Crippen molar-refractivity contribution >= 4 is 5.91 Å². The van der Waals surface area contributed by atoms with Gasteiger partial charge in [0.05, 0.1) is 0 Å². The van der Waals surface area contributed by atoms with Gasteiger partial charge in [0, 0.05) is 31.6 Å². The molecule has 1 spiro atoms. The number of hydrogen-bond acceptors (Lipinski definition) is 2. The lowest BCUT2D eigenvalue weighted by Crippen LogP contribution is -2.46. The molecule has 1 aromatic carbocycles. The van der Waals surface area contributed by atoms with E-state index in [1.165, 1.54) is 63.7 Å². The van der Waals surface area contributed by atoms with Crippen molar-refractivity contribution in [2.24, 2.45) is 5.92 Å². The minimum atomic E-state index is -0.214. The average molecular weight is 373 g/mol. The Labute approximate surface area is 162 Å². The SMILES string of the molecule is O=C1CCC2(CCCN(CC3CCCCC3)CC2)N1Cc1ccc(F)cc1. The van der Waals surface area contributed by atoms with Gasteiger partial charge in [-0.2, -0.15) is 0 Å². The molecule has 2 aliphatic heterocycles. The number of halogens is 1. The Kier molecular flexibility index (Phi) is 5.82. The van der Waals surface area contributed by atoms with E-state index in [1.54, 1.807) is 0 Å². The largest absolute Gasteiger partial charge is 0.333 e. The molecule has 148 valence electrons. The molecule has 3 nitrogen and oxygen atoms in total. The molecule has 2 saturated heterocycles. The van der Waals surface area contributed by atoms with Gasteiger partial charge in [0.15, 0.2) is 0 Å². The third-order valence-electron chi connectivity index (χ3n) is 7.18. The van der Waals surface area contributed by atoms with Crippen molar-refractivity contribution in [3.05, 3.63) is 35.6 Å². The van der Waals surface area contributed by atoms with Crippen molar-refractivity contribution in [3.63, 3.8) is 0 Å². The lowest BCUT2D eigenvalue weighted by Gasteiger charge is -2.38. The molecule has 1 atom stereocenters. The van der Waals surface area contributed by atoms with Gasteiger partial charge in [-0.3, -0.25) is 4.79 Å². The van der Waals surface area contributed by atoms with Crippen molar-refractivity contribution in [2.75, 3.05) is 19.6 Å². The fourth-order valence-electron chi connectivity index (χ4n) is 5.57. The number of nitrogens with zero attached hydrogens (tertiary/aromatic N) is 2. The van der Waals surface area contributed by atoms with E-state index in [0.29, 0.717) is 13.0 Å². The minimum Gasteiger partial charge on any atom is -0.333 e. The van der Waals surface area contributed by atoms with Gasteiger partial charge >= 0.3 is 0 Å². The van der Waals surface area contributed by atoms with Gasteiger partial charge in [-0.25, -0.2) is 4.39 Å². The monoisotopic (exact) mass is 372 g/mol. The molecule has 2 heterocycles. The molecule has 27 heavy (non-hydrogen) atoms. The molecule has 0 aromatic heterocycles.